The number of nitrogens with two attached hydrogens (primary N) is 1. The van der Waals surface area contributed by atoms with Crippen LogP contribution in [0.1, 0.15) is 57.9 Å². The highest BCUT2D eigenvalue weighted by molar-refractivity contribution is 5.86. The lowest BCUT2D eigenvalue weighted by Crippen LogP contribution is -2.27. The zero-order valence-electron chi connectivity index (χ0n) is 15.9. The number of primary amides is 1. The molecule has 1 saturated heterocycles. The molecule has 1 amide bonds. The van der Waals surface area contributed by atoms with Crippen molar-refractivity contribution in [1.82, 2.24) is 4.57 Å². The second-order valence-electron chi connectivity index (χ2n) is 7.32. The Hall–Kier alpha value is -2.01. The molecule has 1 aromatic carbocycles. The molecule has 4 rings (SSSR count). The van der Waals surface area contributed by atoms with Crippen LogP contribution in [0.4, 0.5) is 0 Å². The van der Waals surface area contributed by atoms with E-state index in [0.29, 0.717) is 6.61 Å². The molecule has 1 aliphatic heterocycles. The van der Waals surface area contributed by atoms with Gasteiger partial charge in [-0.3, -0.25) is 4.79 Å². The van der Waals surface area contributed by atoms with Crippen LogP contribution in [0.15, 0.2) is 24.4 Å². The Bertz CT molecular complexity index is 747. The van der Waals surface area contributed by atoms with E-state index in [2.05, 4.69) is 29.9 Å². The van der Waals surface area contributed by atoms with Crippen LogP contribution in [0.5, 0.6) is 5.75 Å². The lowest BCUT2D eigenvalue weighted by Gasteiger charge is -2.21. The van der Waals surface area contributed by atoms with E-state index >= 15 is 0 Å². The number of nitrogens with zero attached hydrogens (tertiary/aromatic N) is 1. The summed E-state index contributed by atoms with van der Waals surface area (Å²) in [4.78, 5) is 10.3. The molecule has 2 aromatic rings. The Labute approximate surface area is 156 Å². The van der Waals surface area contributed by atoms with Gasteiger partial charge >= 0.3 is 0 Å². The smallest absolute Gasteiger partial charge is 0.246 e. The second-order valence-corrected chi connectivity index (χ2v) is 7.32. The third-order valence-electron chi connectivity index (χ3n) is 5.52. The lowest BCUT2D eigenvalue weighted by atomic mass is 9.84. The molecular formula is C21H32N2O3. The van der Waals surface area contributed by atoms with Gasteiger partial charge in [-0.05, 0) is 55.4 Å². The zero-order chi connectivity index (χ0) is 18.5. The maximum absolute atomic E-state index is 10.3. The van der Waals surface area contributed by atoms with Gasteiger partial charge in [-0.1, -0.05) is 19.3 Å². The molecule has 26 heavy (non-hydrogen) atoms. The van der Waals surface area contributed by atoms with Crippen molar-refractivity contribution in [3.05, 3.63) is 30.0 Å². The fourth-order valence-corrected chi connectivity index (χ4v) is 4.07. The standard InChI is InChI=1S/C16H21NO.C5H9NO2.H2/c1-17-11-15(12-6-4-3-5-7-12)14-10-13(18-2)8-9-16(14)17;6-5(7)4-2-1-3-8-4;/h8-12H,3-7H2,1-2H3;4H,1-3H2,(H2,6,7);1H/t;4-;/m.0./s1. The molecule has 0 bridgehead atoms. The lowest BCUT2D eigenvalue weighted by molar-refractivity contribution is -0.126. The number of amides is 1. The van der Waals surface area contributed by atoms with Gasteiger partial charge in [0.1, 0.15) is 11.9 Å². The van der Waals surface area contributed by atoms with E-state index in [4.69, 9.17) is 15.2 Å². The van der Waals surface area contributed by atoms with Crippen LogP contribution in [0.3, 0.4) is 0 Å². The summed E-state index contributed by atoms with van der Waals surface area (Å²) < 4.78 is 12.6. The van der Waals surface area contributed by atoms with E-state index in [-0.39, 0.29) is 13.4 Å². The first-order chi connectivity index (χ1) is 12.6. The molecule has 144 valence electrons. The number of fused-ring (bicyclic) bond motifs is 1. The van der Waals surface area contributed by atoms with Gasteiger partial charge in [0.05, 0.1) is 7.11 Å². The summed E-state index contributed by atoms with van der Waals surface area (Å²) >= 11 is 0. The van der Waals surface area contributed by atoms with Crippen molar-refractivity contribution in [3.8, 4) is 5.75 Å². The number of rotatable bonds is 3. The Morgan fingerprint density at radius 1 is 1.23 bits per heavy atom. The number of ether oxygens (including phenoxy) is 2. The zero-order valence-corrected chi connectivity index (χ0v) is 15.9. The Morgan fingerprint density at radius 2 is 2.00 bits per heavy atom. The van der Waals surface area contributed by atoms with Gasteiger partial charge < -0.3 is 19.8 Å². The summed E-state index contributed by atoms with van der Waals surface area (Å²) in [5.41, 5.74) is 7.77. The number of methoxy groups -OCH3 is 1. The van der Waals surface area contributed by atoms with E-state index in [1.807, 2.05) is 6.07 Å². The minimum Gasteiger partial charge on any atom is -0.497 e. The van der Waals surface area contributed by atoms with Gasteiger partial charge in [0, 0.05) is 32.2 Å². The highest BCUT2D eigenvalue weighted by Crippen LogP contribution is 2.38. The van der Waals surface area contributed by atoms with E-state index in [0.717, 1.165) is 24.5 Å². The summed E-state index contributed by atoms with van der Waals surface area (Å²) in [7, 11) is 3.88. The summed E-state index contributed by atoms with van der Waals surface area (Å²) in [6, 6.07) is 6.41. The average Bonchev–Trinajstić information content (AvgIpc) is 3.31. The summed E-state index contributed by atoms with van der Waals surface area (Å²) in [5, 5.41) is 1.38. The largest absolute Gasteiger partial charge is 0.497 e. The summed E-state index contributed by atoms with van der Waals surface area (Å²) in [5.74, 6) is 1.38. The number of aryl methyl sites for hydroxylation is 1. The normalized spacial score (nSPS) is 20.6. The summed E-state index contributed by atoms with van der Waals surface area (Å²) in [6.07, 6.45) is 10.6. The van der Waals surface area contributed by atoms with Gasteiger partial charge in [0.2, 0.25) is 5.91 Å². The molecule has 0 radical (unpaired) electrons. The fourth-order valence-electron chi connectivity index (χ4n) is 4.07. The molecule has 2 N–H and O–H groups in total. The molecule has 1 atom stereocenters. The molecule has 0 spiro atoms. The first-order valence-electron chi connectivity index (χ1n) is 9.64. The van der Waals surface area contributed by atoms with E-state index in [1.54, 1.807) is 7.11 Å². The Balaban J connectivity index is 0.000000247. The first-order valence-corrected chi connectivity index (χ1v) is 9.64. The minimum atomic E-state index is -0.331. The van der Waals surface area contributed by atoms with Crippen molar-refractivity contribution < 1.29 is 15.7 Å². The van der Waals surface area contributed by atoms with Crippen molar-refractivity contribution in [2.45, 2.75) is 57.0 Å². The van der Waals surface area contributed by atoms with Crippen molar-refractivity contribution in [3.63, 3.8) is 0 Å². The Morgan fingerprint density at radius 3 is 2.58 bits per heavy atom. The van der Waals surface area contributed by atoms with Gasteiger partial charge in [-0.2, -0.15) is 0 Å². The monoisotopic (exact) mass is 360 g/mol. The molecular weight excluding hydrogens is 328 g/mol. The molecule has 1 saturated carbocycles. The minimum absolute atomic E-state index is 0. The molecule has 2 aliphatic rings. The molecule has 5 heteroatoms. The number of hydrogen-bond donors (Lipinski definition) is 1. The first kappa shape index (κ1) is 18.8. The maximum Gasteiger partial charge on any atom is 0.246 e. The summed E-state index contributed by atoms with van der Waals surface area (Å²) in [6.45, 7) is 0.688. The number of aromatic nitrogens is 1. The molecule has 1 aromatic heterocycles. The fraction of sp³-hybridized carbons (Fsp3) is 0.571. The molecule has 2 heterocycles. The van der Waals surface area contributed by atoms with Crippen molar-refractivity contribution in [2.24, 2.45) is 12.8 Å². The molecule has 1 aliphatic carbocycles. The molecule has 2 fully saturated rings. The van der Waals surface area contributed by atoms with Crippen molar-refractivity contribution in [1.29, 1.82) is 0 Å². The predicted molar refractivity (Wildman–Crippen MR) is 106 cm³/mol. The van der Waals surface area contributed by atoms with Crippen LogP contribution in [0.2, 0.25) is 0 Å². The van der Waals surface area contributed by atoms with Crippen molar-refractivity contribution >= 4 is 16.8 Å². The maximum atomic E-state index is 10.3. The van der Waals surface area contributed by atoms with Gasteiger partial charge in [0.15, 0.2) is 0 Å². The number of hydrogen-bond acceptors (Lipinski definition) is 3. The van der Waals surface area contributed by atoms with Crippen LogP contribution in [-0.2, 0) is 16.6 Å². The van der Waals surface area contributed by atoms with E-state index in [1.165, 1.54) is 48.6 Å². The Kier molecular flexibility index (Phi) is 6.20. The SMILES string of the molecule is COc1ccc2c(c1)c(C1CCCCC1)cn2C.NC(=O)[C@@H]1CCCO1.[HH]. The topological polar surface area (TPSA) is 66.5 Å². The van der Waals surface area contributed by atoms with Crippen LogP contribution in [-0.4, -0.2) is 30.3 Å². The third kappa shape index (κ3) is 4.21. The van der Waals surface area contributed by atoms with Crippen LogP contribution in [0.25, 0.3) is 10.9 Å². The van der Waals surface area contributed by atoms with Crippen LogP contribution >= 0.6 is 0 Å². The van der Waals surface area contributed by atoms with Gasteiger partial charge in [-0.25, -0.2) is 0 Å². The number of carbonyl (C=O) groups excluding carboxylic acids is 1. The van der Waals surface area contributed by atoms with Crippen LogP contribution in [0, 0.1) is 0 Å². The third-order valence-corrected chi connectivity index (χ3v) is 5.52. The highest BCUT2D eigenvalue weighted by atomic mass is 16.5. The molecule has 0 unspecified atom stereocenters. The number of carbonyl (C=O) groups is 1. The predicted octanol–water partition coefficient (Wildman–Crippen LogP) is 4.13. The van der Waals surface area contributed by atoms with Crippen molar-refractivity contribution in [2.75, 3.05) is 13.7 Å². The molecule has 5 nitrogen and oxygen atoms in total. The van der Waals surface area contributed by atoms with Gasteiger partial charge in [-0.15, -0.1) is 0 Å². The quantitative estimate of drug-likeness (QED) is 0.895. The van der Waals surface area contributed by atoms with E-state index < -0.39 is 0 Å². The van der Waals surface area contributed by atoms with Gasteiger partial charge in [0.25, 0.3) is 0 Å². The number of benzene rings is 1. The van der Waals surface area contributed by atoms with Crippen LogP contribution < -0.4 is 10.5 Å². The second kappa shape index (κ2) is 8.58. The van der Waals surface area contributed by atoms with E-state index in [9.17, 15) is 4.79 Å². The average molecular weight is 360 g/mol. The highest BCUT2D eigenvalue weighted by Gasteiger charge is 2.20.